The lowest BCUT2D eigenvalue weighted by molar-refractivity contribution is 1.51. The zero-order valence-electron chi connectivity index (χ0n) is 9.68. The first-order chi connectivity index (χ1) is 8.33. The van der Waals surface area contributed by atoms with Gasteiger partial charge in [0, 0.05) is 23.1 Å². The Morgan fingerprint density at radius 2 is 1.59 bits per heavy atom. The molecule has 1 heterocycles. The molecule has 3 aromatic rings. The van der Waals surface area contributed by atoms with Gasteiger partial charge in [0.2, 0.25) is 20.9 Å². The van der Waals surface area contributed by atoms with E-state index in [2.05, 4.69) is 67.6 Å². The van der Waals surface area contributed by atoms with Gasteiger partial charge < -0.3 is 0 Å². The molecule has 17 heavy (non-hydrogen) atoms. The molecule has 0 aliphatic heterocycles. The van der Waals surface area contributed by atoms with Gasteiger partial charge in [0.25, 0.3) is 0 Å². The van der Waals surface area contributed by atoms with Crippen LogP contribution in [0.2, 0.25) is 0 Å². The molecule has 0 spiro atoms. The van der Waals surface area contributed by atoms with E-state index in [4.69, 9.17) is 0 Å². The molecule has 0 nitrogen and oxygen atoms in total. The summed E-state index contributed by atoms with van der Waals surface area (Å²) in [6.45, 7) is 2.14. The summed E-state index contributed by atoms with van der Waals surface area (Å²) >= 11 is 1.85. The average molecular weight is 237 g/mol. The van der Waals surface area contributed by atoms with Gasteiger partial charge in [0.15, 0.2) is 0 Å². The Kier molecular flexibility index (Phi) is 2.62. The van der Waals surface area contributed by atoms with E-state index in [1.807, 2.05) is 11.3 Å². The van der Waals surface area contributed by atoms with Gasteiger partial charge in [0.05, 0.1) is 0 Å². The van der Waals surface area contributed by atoms with Crippen molar-refractivity contribution in [2.75, 3.05) is 0 Å². The van der Waals surface area contributed by atoms with Crippen molar-refractivity contribution in [1.82, 2.24) is 0 Å². The molecule has 0 aliphatic rings. The minimum absolute atomic E-state index is 1.29. The van der Waals surface area contributed by atoms with Crippen LogP contribution in [0.15, 0.2) is 60.7 Å². The summed E-state index contributed by atoms with van der Waals surface area (Å²) in [7, 11) is 0. The van der Waals surface area contributed by atoms with Crippen LogP contribution >= 0.6 is 11.3 Å². The number of benzene rings is 2. The van der Waals surface area contributed by atoms with Crippen molar-refractivity contribution in [3.05, 3.63) is 66.2 Å². The number of fused-ring (bicyclic) bond motifs is 1. The maximum absolute atomic E-state index is 2.26. The largest absolute Gasteiger partial charge is 0.238 e. The maximum atomic E-state index is 2.26. The van der Waals surface area contributed by atoms with Gasteiger partial charge >= 0.3 is 0 Å². The molecule has 3 rings (SSSR count). The smallest absolute Gasteiger partial charge is 0.0622 e. The highest BCUT2D eigenvalue weighted by atomic mass is 32.1. The molecule has 0 fully saturated rings. The van der Waals surface area contributed by atoms with Crippen molar-refractivity contribution in [2.45, 2.75) is 6.92 Å². The van der Waals surface area contributed by atoms with E-state index in [0.717, 1.165) is 0 Å². The summed E-state index contributed by atoms with van der Waals surface area (Å²) in [4.78, 5) is 1.32. The first kappa shape index (κ1) is 10.4. The minimum atomic E-state index is 1.29. The highest BCUT2D eigenvalue weighted by Gasteiger charge is 2.12. The van der Waals surface area contributed by atoms with Crippen LogP contribution in [0.3, 0.4) is 0 Å². The van der Waals surface area contributed by atoms with Gasteiger partial charge in [-0.05, 0) is 36.8 Å². The lowest BCUT2D eigenvalue weighted by Gasteiger charge is -1.94. The molecule has 0 aliphatic carbocycles. The standard InChI is InChI=1S/C16H13S/c1-12-7-8-14-9-10-15(17-16(14)11-12)13-5-3-2-4-6-13/h2-11H,1H3/q+1. The number of aryl methyl sites for hydroxylation is 1. The fraction of sp³-hybridized carbons (Fsp3) is 0.0625. The molecule has 0 amide bonds. The third-order valence-electron chi connectivity index (χ3n) is 2.86. The second kappa shape index (κ2) is 4.27. The van der Waals surface area contributed by atoms with E-state index in [-0.39, 0.29) is 0 Å². The lowest BCUT2D eigenvalue weighted by Crippen LogP contribution is -1.76. The van der Waals surface area contributed by atoms with Crippen molar-refractivity contribution >= 4 is 21.4 Å². The first-order valence-electron chi connectivity index (χ1n) is 5.72. The lowest BCUT2D eigenvalue weighted by atomic mass is 10.1. The molecule has 1 heteroatoms. The summed E-state index contributed by atoms with van der Waals surface area (Å²) in [5.74, 6) is 0. The quantitative estimate of drug-likeness (QED) is 0.513. The van der Waals surface area contributed by atoms with Crippen LogP contribution in [0.4, 0.5) is 0 Å². The number of hydrogen-bond acceptors (Lipinski definition) is 0. The summed E-state index contributed by atoms with van der Waals surface area (Å²) in [5.41, 5.74) is 2.61. The van der Waals surface area contributed by atoms with E-state index in [1.54, 1.807) is 0 Å². The Bertz CT molecular complexity index is 657. The molecule has 0 radical (unpaired) electrons. The van der Waals surface area contributed by atoms with Crippen LogP contribution in [-0.4, -0.2) is 0 Å². The molecule has 0 unspecified atom stereocenters. The number of hydrogen-bond donors (Lipinski definition) is 0. The van der Waals surface area contributed by atoms with Crippen molar-refractivity contribution in [3.63, 3.8) is 0 Å². The molecule has 1 aromatic heterocycles. The van der Waals surface area contributed by atoms with Gasteiger partial charge in [-0.25, -0.2) is 0 Å². The Balaban J connectivity index is 2.19. The second-order valence-electron chi connectivity index (χ2n) is 4.21. The van der Waals surface area contributed by atoms with E-state index in [9.17, 15) is 0 Å². The summed E-state index contributed by atoms with van der Waals surface area (Å²) in [5, 5.41) is 1.32. The van der Waals surface area contributed by atoms with Crippen LogP contribution in [-0.2, 0) is 0 Å². The van der Waals surface area contributed by atoms with E-state index in [1.165, 1.54) is 26.1 Å². The van der Waals surface area contributed by atoms with Crippen LogP contribution in [0, 0.1) is 6.92 Å². The summed E-state index contributed by atoms with van der Waals surface area (Å²) < 4.78 is 1.35. The monoisotopic (exact) mass is 237 g/mol. The Labute approximate surface area is 105 Å². The van der Waals surface area contributed by atoms with E-state index < -0.39 is 0 Å². The van der Waals surface area contributed by atoms with Crippen LogP contribution in [0.5, 0.6) is 0 Å². The van der Waals surface area contributed by atoms with Gasteiger partial charge in [-0.1, -0.05) is 24.3 Å². The van der Waals surface area contributed by atoms with Crippen molar-refractivity contribution < 1.29 is 0 Å². The van der Waals surface area contributed by atoms with Crippen molar-refractivity contribution in [1.29, 1.82) is 0 Å². The Hall–Kier alpha value is -1.73. The normalized spacial score (nSPS) is 10.6. The molecule has 0 atom stereocenters. The minimum Gasteiger partial charge on any atom is -0.0622 e. The third kappa shape index (κ3) is 2.06. The fourth-order valence-electron chi connectivity index (χ4n) is 1.94. The zero-order chi connectivity index (χ0) is 11.7. The van der Waals surface area contributed by atoms with Gasteiger partial charge in [-0.3, -0.25) is 0 Å². The third-order valence-corrected chi connectivity index (χ3v) is 4.03. The molecule has 0 N–H and O–H groups in total. The van der Waals surface area contributed by atoms with Crippen LogP contribution < -0.4 is 0 Å². The van der Waals surface area contributed by atoms with Gasteiger partial charge in [-0.15, -0.1) is 0 Å². The van der Waals surface area contributed by atoms with E-state index >= 15 is 0 Å². The summed E-state index contributed by atoms with van der Waals surface area (Å²) in [6.07, 6.45) is 0. The highest BCUT2D eigenvalue weighted by molar-refractivity contribution is 7.21. The van der Waals surface area contributed by atoms with Crippen LogP contribution in [0.1, 0.15) is 5.56 Å². The van der Waals surface area contributed by atoms with Crippen molar-refractivity contribution in [2.24, 2.45) is 0 Å². The molecule has 0 saturated heterocycles. The van der Waals surface area contributed by atoms with Crippen LogP contribution in [0.25, 0.3) is 20.5 Å². The van der Waals surface area contributed by atoms with Gasteiger partial charge in [-0.2, -0.15) is 0 Å². The molecular weight excluding hydrogens is 224 g/mol. The molecule has 0 saturated carbocycles. The molecular formula is C16H13S+. The molecule has 0 bridgehead atoms. The highest BCUT2D eigenvalue weighted by Crippen LogP contribution is 2.30. The van der Waals surface area contributed by atoms with E-state index in [0.29, 0.717) is 0 Å². The predicted molar refractivity (Wildman–Crippen MR) is 76.4 cm³/mol. The predicted octanol–water partition coefficient (Wildman–Crippen LogP) is 5.16. The topological polar surface area (TPSA) is 0 Å². The van der Waals surface area contributed by atoms with Crippen molar-refractivity contribution in [3.8, 4) is 10.4 Å². The average Bonchev–Trinajstić information content (AvgIpc) is 2.39. The Morgan fingerprint density at radius 1 is 0.824 bits per heavy atom. The molecule has 2 aromatic carbocycles. The second-order valence-corrected chi connectivity index (χ2v) is 5.29. The summed E-state index contributed by atoms with van der Waals surface area (Å²) in [6, 6.07) is 21.6. The maximum Gasteiger partial charge on any atom is 0.238 e. The Morgan fingerprint density at radius 3 is 2.41 bits per heavy atom. The first-order valence-corrected chi connectivity index (χ1v) is 6.53. The fourth-order valence-corrected chi connectivity index (χ4v) is 3.07. The SMILES string of the molecule is Cc1ccc2ccc(-c3ccccc3)[s+]c2c1. The molecule has 82 valence electrons. The van der Waals surface area contributed by atoms with Gasteiger partial charge in [0.1, 0.15) is 0 Å². The number of rotatable bonds is 1. The zero-order valence-corrected chi connectivity index (χ0v) is 10.5.